The Morgan fingerprint density at radius 1 is 1.67 bits per heavy atom. The number of ether oxygens (including phenoxy) is 1. The lowest BCUT2D eigenvalue weighted by molar-refractivity contribution is -0.384. The molecule has 2 N–H and O–H groups in total. The Kier molecular flexibility index (Phi) is 3.60. The summed E-state index contributed by atoms with van der Waals surface area (Å²) in [6.07, 6.45) is 0. The second-order valence-corrected chi connectivity index (χ2v) is 2.80. The summed E-state index contributed by atoms with van der Waals surface area (Å²) in [7, 11) is 0. The van der Waals surface area contributed by atoms with Gasteiger partial charge in [-0.25, -0.2) is 0 Å². The summed E-state index contributed by atoms with van der Waals surface area (Å²) in [4.78, 5) is 9.90. The lowest BCUT2D eigenvalue weighted by Crippen LogP contribution is -2.25. The summed E-state index contributed by atoms with van der Waals surface area (Å²) in [6, 6.07) is 6.77. The van der Waals surface area contributed by atoms with E-state index >= 15 is 0 Å². The van der Waals surface area contributed by atoms with Crippen molar-refractivity contribution in [2.75, 3.05) is 6.61 Å². The number of nitro benzene ring substituents is 1. The maximum absolute atomic E-state index is 10.4. The van der Waals surface area contributed by atoms with Crippen LogP contribution in [0, 0.1) is 21.4 Å². The van der Waals surface area contributed by atoms with Crippen LogP contribution < -0.4 is 10.5 Å². The minimum Gasteiger partial charge on any atom is -0.491 e. The maximum Gasteiger partial charge on any atom is 0.273 e. The number of rotatable bonds is 4. The molecule has 15 heavy (non-hydrogen) atoms. The molecule has 1 aromatic rings. The largest absolute Gasteiger partial charge is 0.491 e. The van der Waals surface area contributed by atoms with Crippen molar-refractivity contribution in [1.29, 1.82) is 5.26 Å². The number of hydrogen-bond donors (Lipinski definition) is 1. The van der Waals surface area contributed by atoms with Crippen molar-refractivity contribution in [2.24, 2.45) is 5.73 Å². The molecular weight excluding hydrogens is 198 g/mol. The van der Waals surface area contributed by atoms with Gasteiger partial charge < -0.3 is 10.5 Å². The van der Waals surface area contributed by atoms with Crippen molar-refractivity contribution in [2.45, 2.75) is 6.04 Å². The third kappa shape index (κ3) is 3.25. The van der Waals surface area contributed by atoms with E-state index in [-0.39, 0.29) is 12.3 Å². The van der Waals surface area contributed by atoms with E-state index < -0.39 is 11.0 Å². The highest BCUT2D eigenvalue weighted by molar-refractivity contribution is 5.37. The van der Waals surface area contributed by atoms with Crippen LogP contribution in [0.1, 0.15) is 0 Å². The Balaban J connectivity index is 2.67. The number of nitrogens with two attached hydrogens (primary N) is 1. The van der Waals surface area contributed by atoms with Crippen LogP contribution >= 0.6 is 0 Å². The normalized spacial score (nSPS) is 11.5. The van der Waals surface area contributed by atoms with E-state index in [1.165, 1.54) is 18.2 Å². The molecule has 0 bridgehead atoms. The Labute approximate surface area is 86.0 Å². The number of nitriles is 1. The topological polar surface area (TPSA) is 102 Å². The van der Waals surface area contributed by atoms with Gasteiger partial charge in [0.15, 0.2) is 0 Å². The summed E-state index contributed by atoms with van der Waals surface area (Å²) in [6.45, 7) is 0.0116. The summed E-state index contributed by atoms with van der Waals surface area (Å²) in [5.41, 5.74) is 5.24. The third-order valence-corrected chi connectivity index (χ3v) is 1.62. The Bertz CT molecular complexity index is 400. The highest BCUT2D eigenvalue weighted by Gasteiger charge is 2.07. The highest BCUT2D eigenvalue weighted by Crippen LogP contribution is 2.18. The molecule has 78 valence electrons. The van der Waals surface area contributed by atoms with Gasteiger partial charge in [-0.1, -0.05) is 6.07 Å². The molecule has 0 saturated carbocycles. The fourth-order valence-corrected chi connectivity index (χ4v) is 0.910. The first kappa shape index (κ1) is 10.9. The van der Waals surface area contributed by atoms with Crippen molar-refractivity contribution < 1.29 is 9.66 Å². The SMILES string of the molecule is N#CC(N)COc1cccc([N+](=O)[O-])c1. The van der Waals surface area contributed by atoms with Crippen molar-refractivity contribution in [1.82, 2.24) is 0 Å². The zero-order valence-corrected chi connectivity index (χ0v) is 7.79. The average Bonchev–Trinajstić information content (AvgIpc) is 2.26. The van der Waals surface area contributed by atoms with E-state index in [9.17, 15) is 10.1 Å². The standard InChI is InChI=1S/C9H9N3O3/c10-5-7(11)6-15-9-3-1-2-8(4-9)12(13)14/h1-4,7H,6,11H2. The zero-order valence-electron chi connectivity index (χ0n) is 7.79. The van der Waals surface area contributed by atoms with Crippen molar-refractivity contribution in [3.8, 4) is 11.8 Å². The van der Waals surface area contributed by atoms with Crippen LogP contribution in [0.3, 0.4) is 0 Å². The molecule has 0 fully saturated rings. The summed E-state index contributed by atoms with van der Waals surface area (Å²) >= 11 is 0. The predicted molar refractivity (Wildman–Crippen MR) is 52.2 cm³/mol. The van der Waals surface area contributed by atoms with Crippen LogP contribution in [0.15, 0.2) is 24.3 Å². The van der Waals surface area contributed by atoms with Gasteiger partial charge in [-0.2, -0.15) is 5.26 Å². The van der Waals surface area contributed by atoms with Gasteiger partial charge in [0.2, 0.25) is 0 Å². The van der Waals surface area contributed by atoms with Crippen LogP contribution in [0.4, 0.5) is 5.69 Å². The number of nitrogens with zero attached hydrogens (tertiary/aromatic N) is 2. The molecule has 0 spiro atoms. The van der Waals surface area contributed by atoms with Gasteiger partial charge in [0, 0.05) is 6.07 Å². The van der Waals surface area contributed by atoms with Crippen molar-refractivity contribution in [3.63, 3.8) is 0 Å². The smallest absolute Gasteiger partial charge is 0.273 e. The first-order valence-electron chi connectivity index (χ1n) is 4.16. The van der Waals surface area contributed by atoms with Crippen LogP contribution in [-0.4, -0.2) is 17.6 Å². The second-order valence-electron chi connectivity index (χ2n) is 2.80. The Hall–Kier alpha value is -2.13. The number of benzene rings is 1. The molecule has 1 atom stereocenters. The molecule has 0 radical (unpaired) electrons. The molecule has 1 aromatic carbocycles. The van der Waals surface area contributed by atoms with E-state index in [1.807, 2.05) is 0 Å². The predicted octanol–water partition coefficient (Wildman–Crippen LogP) is 0.824. The fourth-order valence-electron chi connectivity index (χ4n) is 0.910. The quantitative estimate of drug-likeness (QED) is 0.581. The molecule has 0 aromatic heterocycles. The average molecular weight is 207 g/mol. The van der Waals surface area contributed by atoms with E-state index in [4.69, 9.17) is 15.7 Å². The summed E-state index contributed by atoms with van der Waals surface area (Å²) < 4.78 is 5.10. The van der Waals surface area contributed by atoms with Crippen LogP contribution in [0.2, 0.25) is 0 Å². The van der Waals surface area contributed by atoms with Crippen LogP contribution in [-0.2, 0) is 0 Å². The van der Waals surface area contributed by atoms with Gasteiger partial charge in [-0.05, 0) is 6.07 Å². The zero-order chi connectivity index (χ0) is 11.3. The molecule has 0 aliphatic heterocycles. The first-order chi connectivity index (χ1) is 7.13. The summed E-state index contributed by atoms with van der Waals surface area (Å²) in [5, 5.41) is 18.8. The Morgan fingerprint density at radius 3 is 3.00 bits per heavy atom. The fraction of sp³-hybridized carbons (Fsp3) is 0.222. The molecule has 0 aliphatic carbocycles. The molecule has 6 heteroatoms. The van der Waals surface area contributed by atoms with Gasteiger partial charge in [-0.3, -0.25) is 10.1 Å². The van der Waals surface area contributed by atoms with Gasteiger partial charge in [0.25, 0.3) is 5.69 Å². The van der Waals surface area contributed by atoms with Crippen LogP contribution in [0.25, 0.3) is 0 Å². The monoisotopic (exact) mass is 207 g/mol. The number of nitro groups is 1. The van der Waals surface area contributed by atoms with Crippen molar-refractivity contribution >= 4 is 5.69 Å². The van der Waals surface area contributed by atoms with Crippen molar-refractivity contribution in [3.05, 3.63) is 34.4 Å². The molecule has 1 rings (SSSR count). The molecular formula is C9H9N3O3. The maximum atomic E-state index is 10.4. The van der Waals surface area contributed by atoms with E-state index in [1.54, 1.807) is 12.1 Å². The Morgan fingerprint density at radius 2 is 2.40 bits per heavy atom. The molecule has 1 unspecified atom stereocenters. The lowest BCUT2D eigenvalue weighted by atomic mass is 10.3. The molecule has 0 saturated heterocycles. The molecule has 0 heterocycles. The van der Waals surface area contributed by atoms with Gasteiger partial charge in [0.1, 0.15) is 18.4 Å². The molecule has 0 amide bonds. The third-order valence-electron chi connectivity index (χ3n) is 1.62. The first-order valence-corrected chi connectivity index (χ1v) is 4.16. The van der Waals surface area contributed by atoms with Crippen LogP contribution in [0.5, 0.6) is 5.75 Å². The minimum absolute atomic E-state index is 0.0116. The van der Waals surface area contributed by atoms with Gasteiger partial charge in [0.05, 0.1) is 17.1 Å². The second kappa shape index (κ2) is 4.93. The van der Waals surface area contributed by atoms with Gasteiger partial charge in [-0.15, -0.1) is 0 Å². The summed E-state index contributed by atoms with van der Waals surface area (Å²) in [5.74, 6) is 0.329. The number of non-ortho nitro benzene ring substituents is 1. The van der Waals surface area contributed by atoms with E-state index in [0.717, 1.165) is 0 Å². The number of hydrogen-bond acceptors (Lipinski definition) is 5. The van der Waals surface area contributed by atoms with E-state index in [0.29, 0.717) is 5.75 Å². The highest BCUT2D eigenvalue weighted by atomic mass is 16.6. The van der Waals surface area contributed by atoms with E-state index in [2.05, 4.69) is 0 Å². The molecule has 0 aliphatic rings. The molecule has 6 nitrogen and oxygen atoms in total. The van der Waals surface area contributed by atoms with Gasteiger partial charge >= 0.3 is 0 Å². The lowest BCUT2D eigenvalue weighted by Gasteiger charge is -2.06. The minimum atomic E-state index is -0.732.